The third kappa shape index (κ3) is 6.85. The zero-order valence-electron chi connectivity index (χ0n) is 23.4. The number of halogens is 4. The first-order valence-electron chi connectivity index (χ1n) is 13.4. The number of nitrogens with one attached hydrogen (secondary N) is 2. The number of alkyl halides is 3. The van der Waals surface area contributed by atoms with Crippen LogP contribution in [0.5, 0.6) is 5.75 Å². The second kappa shape index (κ2) is 12.6. The number of carboxylic acid groups (broad SMARTS) is 1. The van der Waals surface area contributed by atoms with E-state index in [0.29, 0.717) is 25.3 Å². The van der Waals surface area contributed by atoms with Crippen LogP contribution in [0, 0.1) is 11.7 Å². The van der Waals surface area contributed by atoms with E-state index in [9.17, 15) is 45.5 Å². The molecule has 44 heavy (non-hydrogen) atoms. The van der Waals surface area contributed by atoms with Gasteiger partial charge in [-0.15, -0.1) is 0 Å². The predicted octanol–water partition coefficient (Wildman–Crippen LogP) is 5.52. The fraction of sp³-hybridized carbons (Fsp3) is 0.300. The number of carbonyl (C=O) groups excluding carboxylic acids is 2. The van der Waals surface area contributed by atoms with Crippen molar-refractivity contribution in [2.75, 3.05) is 12.4 Å². The maximum atomic E-state index is 14.9. The lowest BCUT2D eigenvalue weighted by Gasteiger charge is -2.21. The molecule has 1 aliphatic rings. The van der Waals surface area contributed by atoms with Gasteiger partial charge in [0.25, 0.3) is 15.7 Å². The molecule has 0 aliphatic heterocycles. The van der Waals surface area contributed by atoms with Gasteiger partial charge in [0.1, 0.15) is 11.6 Å². The van der Waals surface area contributed by atoms with E-state index in [1.54, 1.807) is 0 Å². The van der Waals surface area contributed by atoms with E-state index < -0.39 is 61.7 Å². The zero-order chi connectivity index (χ0) is 32.4. The van der Waals surface area contributed by atoms with Crippen molar-refractivity contribution >= 4 is 33.3 Å². The second-order valence-corrected chi connectivity index (χ2v) is 12.3. The van der Waals surface area contributed by atoms with Crippen molar-refractivity contribution < 1.29 is 50.2 Å². The molecule has 2 amide bonds. The highest BCUT2D eigenvalue weighted by molar-refractivity contribution is 7.92. The number of hydrogen-bond acceptors (Lipinski definition) is 6. The predicted molar refractivity (Wildman–Crippen MR) is 151 cm³/mol. The third-order valence-corrected chi connectivity index (χ3v) is 8.94. The van der Waals surface area contributed by atoms with Gasteiger partial charge in [0.15, 0.2) is 0 Å². The molecule has 0 aromatic heterocycles. The average molecular weight is 637 g/mol. The van der Waals surface area contributed by atoms with E-state index >= 15 is 0 Å². The molecule has 0 saturated heterocycles. The number of anilines is 1. The van der Waals surface area contributed by atoms with Gasteiger partial charge in [-0.05, 0) is 73.4 Å². The summed E-state index contributed by atoms with van der Waals surface area (Å²) in [4.78, 5) is 37.2. The summed E-state index contributed by atoms with van der Waals surface area (Å²) in [5, 5.41) is 14.8. The van der Waals surface area contributed by atoms with Gasteiger partial charge in [-0.2, -0.15) is 13.2 Å². The summed E-state index contributed by atoms with van der Waals surface area (Å²) in [6.07, 6.45) is 1.25. The number of aliphatic carboxylic acids is 1. The van der Waals surface area contributed by atoms with Gasteiger partial charge in [0, 0.05) is 28.9 Å². The van der Waals surface area contributed by atoms with Crippen LogP contribution in [-0.4, -0.2) is 50.0 Å². The van der Waals surface area contributed by atoms with Crippen molar-refractivity contribution in [1.82, 2.24) is 5.32 Å². The van der Waals surface area contributed by atoms with Crippen LogP contribution in [0.15, 0.2) is 65.6 Å². The number of benzene rings is 3. The van der Waals surface area contributed by atoms with Crippen LogP contribution in [0.1, 0.15) is 48.0 Å². The maximum absolute atomic E-state index is 14.9. The molecule has 0 radical (unpaired) electrons. The number of methoxy groups -OCH3 is 1. The van der Waals surface area contributed by atoms with Crippen LogP contribution in [0.2, 0.25) is 0 Å². The Balaban J connectivity index is 1.57. The van der Waals surface area contributed by atoms with Crippen LogP contribution < -0.4 is 15.4 Å². The van der Waals surface area contributed by atoms with E-state index in [2.05, 4.69) is 10.6 Å². The molecule has 3 N–H and O–H groups in total. The molecular weight excluding hydrogens is 608 g/mol. The SMILES string of the molecule is COc1ccc(-c2cc(C(=O)NC3CCCC3C(=O)Nc3cccc(S(=O)(=O)C(F)(F)F)c3)cc(C(C)C(=O)O)c2)c(F)c1. The third-order valence-electron chi connectivity index (χ3n) is 7.46. The Bertz CT molecular complexity index is 1710. The Morgan fingerprint density at radius 3 is 2.39 bits per heavy atom. The van der Waals surface area contributed by atoms with Crippen LogP contribution in [-0.2, 0) is 19.4 Å². The monoisotopic (exact) mass is 636 g/mol. The molecule has 3 atom stereocenters. The van der Waals surface area contributed by atoms with Crippen LogP contribution in [0.3, 0.4) is 0 Å². The Kier molecular flexibility index (Phi) is 9.33. The van der Waals surface area contributed by atoms with Gasteiger partial charge in [-0.1, -0.05) is 18.6 Å². The first-order chi connectivity index (χ1) is 20.6. The molecule has 0 heterocycles. The second-order valence-electron chi connectivity index (χ2n) is 10.3. The molecular formula is C30H28F4N2O7S. The summed E-state index contributed by atoms with van der Waals surface area (Å²) in [6, 6.07) is 11.4. The van der Waals surface area contributed by atoms with Gasteiger partial charge in [-0.3, -0.25) is 14.4 Å². The smallest absolute Gasteiger partial charge is 0.497 e. The van der Waals surface area contributed by atoms with Crippen LogP contribution >= 0.6 is 0 Å². The first-order valence-corrected chi connectivity index (χ1v) is 14.9. The first kappa shape index (κ1) is 32.5. The highest BCUT2D eigenvalue weighted by Gasteiger charge is 2.47. The molecule has 3 unspecified atom stereocenters. The van der Waals surface area contributed by atoms with Gasteiger partial charge >= 0.3 is 11.5 Å². The van der Waals surface area contributed by atoms with Crippen molar-refractivity contribution in [3.63, 3.8) is 0 Å². The Hall–Kier alpha value is -4.46. The lowest BCUT2D eigenvalue weighted by Crippen LogP contribution is -2.42. The van der Waals surface area contributed by atoms with E-state index in [4.69, 9.17) is 4.74 Å². The number of ether oxygens (including phenoxy) is 1. The number of hydrogen-bond donors (Lipinski definition) is 3. The summed E-state index contributed by atoms with van der Waals surface area (Å²) < 4.78 is 82.4. The topological polar surface area (TPSA) is 139 Å². The highest BCUT2D eigenvalue weighted by Crippen LogP contribution is 2.33. The Morgan fingerprint density at radius 1 is 1.02 bits per heavy atom. The summed E-state index contributed by atoms with van der Waals surface area (Å²) in [5.74, 6) is -4.69. The summed E-state index contributed by atoms with van der Waals surface area (Å²) >= 11 is 0. The minimum absolute atomic E-state index is 0.0249. The van der Waals surface area contributed by atoms with Crippen molar-refractivity contribution in [2.45, 2.75) is 48.5 Å². The molecule has 9 nitrogen and oxygen atoms in total. The zero-order valence-corrected chi connectivity index (χ0v) is 24.3. The molecule has 0 spiro atoms. The minimum atomic E-state index is -5.63. The number of amides is 2. The van der Waals surface area contributed by atoms with E-state index in [1.807, 2.05) is 0 Å². The van der Waals surface area contributed by atoms with Crippen molar-refractivity contribution in [2.24, 2.45) is 5.92 Å². The maximum Gasteiger partial charge on any atom is 0.501 e. The normalized spacial score (nSPS) is 17.5. The lowest BCUT2D eigenvalue weighted by molar-refractivity contribution is -0.138. The molecule has 4 rings (SSSR count). The summed E-state index contributed by atoms with van der Waals surface area (Å²) in [5.41, 5.74) is -5.07. The average Bonchev–Trinajstić information content (AvgIpc) is 3.44. The van der Waals surface area contributed by atoms with Gasteiger partial charge in [-0.25, -0.2) is 12.8 Å². The molecule has 1 aliphatic carbocycles. The van der Waals surface area contributed by atoms with Crippen molar-refractivity contribution in [3.8, 4) is 16.9 Å². The molecule has 1 saturated carbocycles. The van der Waals surface area contributed by atoms with Crippen molar-refractivity contribution in [1.29, 1.82) is 0 Å². The summed E-state index contributed by atoms with van der Waals surface area (Å²) in [7, 11) is -4.26. The fourth-order valence-corrected chi connectivity index (χ4v) is 5.80. The van der Waals surface area contributed by atoms with Crippen molar-refractivity contribution in [3.05, 3.63) is 77.6 Å². The van der Waals surface area contributed by atoms with Crippen LogP contribution in [0.4, 0.5) is 23.2 Å². The number of carboxylic acids is 1. The summed E-state index contributed by atoms with van der Waals surface area (Å²) in [6.45, 7) is 1.42. The number of carbonyl (C=O) groups is 3. The number of rotatable bonds is 9. The molecule has 0 bridgehead atoms. The van der Waals surface area contributed by atoms with Gasteiger partial charge < -0.3 is 20.5 Å². The highest BCUT2D eigenvalue weighted by atomic mass is 32.2. The Morgan fingerprint density at radius 2 is 1.75 bits per heavy atom. The van der Waals surface area contributed by atoms with Gasteiger partial charge in [0.2, 0.25) is 5.91 Å². The molecule has 234 valence electrons. The quantitative estimate of drug-likeness (QED) is 0.263. The molecule has 1 fully saturated rings. The largest absolute Gasteiger partial charge is 0.501 e. The molecule has 3 aromatic rings. The standard InChI is InChI=1S/C30H28F4N2O7S/c1-16(29(39)40)17-11-18(23-10-9-21(43-2)15-25(23)31)13-19(12-17)27(37)36-26-8-4-7-24(26)28(38)35-20-5-3-6-22(14-20)44(41,42)30(32,33)34/h3,5-6,9-16,24,26H,4,7-8H2,1-2H3,(H,35,38)(H,36,37)(H,39,40). The number of sulfone groups is 1. The minimum Gasteiger partial charge on any atom is -0.497 e. The van der Waals surface area contributed by atoms with E-state index in [1.165, 1.54) is 50.4 Å². The van der Waals surface area contributed by atoms with E-state index in [-0.39, 0.29) is 33.7 Å². The fourth-order valence-electron chi connectivity index (χ4n) is 5.00. The van der Waals surface area contributed by atoms with Crippen LogP contribution in [0.25, 0.3) is 11.1 Å². The lowest BCUT2D eigenvalue weighted by atomic mass is 9.93. The van der Waals surface area contributed by atoms with E-state index in [0.717, 1.165) is 18.2 Å². The van der Waals surface area contributed by atoms with Gasteiger partial charge in [0.05, 0.1) is 23.8 Å². The molecule has 14 heteroatoms. The Labute approximate surface area is 250 Å². The molecule has 3 aromatic carbocycles.